The van der Waals surface area contributed by atoms with Crippen LogP contribution in [0.25, 0.3) is 21.0 Å². The van der Waals surface area contributed by atoms with Gasteiger partial charge in [0.05, 0.1) is 23.8 Å². The maximum atomic E-state index is 12.8. The first-order valence-electron chi connectivity index (χ1n) is 8.29. The number of nitrogens with zero attached hydrogens (tertiary/aromatic N) is 3. The number of aromatic nitrogens is 2. The van der Waals surface area contributed by atoms with Gasteiger partial charge in [-0.3, -0.25) is 9.20 Å². The second-order valence-electron chi connectivity index (χ2n) is 5.94. The van der Waals surface area contributed by atoms with Gasteiger partial charge in [0, 0.05) is 17.5 Å². The van der Waals surface area contributed by atoms with Gasteiger partial charge in [-0.05, 0) is 31.2 Å². The first kappa shape index (κ1) is 15.7. The highest BCUT2D eigenvalue weighted by molar-refractivity contribution is 8.08. The highest BCUT2D eigenvalue weighted by atomic mass is 32.2. The number of methoxy groups -OCH3 is 1. The molecule has 0 unspecified atom stereocenters. The molecule has 0 aliphatic carbocycles. The minimum absolute atomic E-state index is 0.0407. The summed E-state index contributed by atoms with van der Waals surface area (Å²) in [5.41, 5.74) is 2.95. The first-order chi connectivity index (χ1) is 12.7. The average Bonchev–Trinajstić information content (AvgIpc) is 3.29. The Bertz CT molecular complexity index is 1280. The summed E-state index contributed by atoms with van der Waals surface area (Å²) in [4.78, 5) is 21.5. The maximum Gasteiger partial charge on any atom is 0.262 e. The first-order valence-corrected chi connectivity index (χ1v) is 9.92. The maximum absolute atomic E-state index is 12.8. The lowest BCUT2D eigenvalue weighted by Crippen LogP contribution is -2.32. The predicted molar refractivity (Wildman–Crippen MR) is 107 cm³/mol. The number of hydrogen-bond donors (Lipinski definition) is 0. The van der Waals surface area contributed by atoms with Crippen LogP contribution in [-0.2, 0) is 0 Å². The molecule has 26 heavy (non-hydrogen) atoms. The largest absolute Gasteiger partial charge is 0.497 e. The van der Waals surface area contributed by atoms with Crippen LogP contribution in [0.4, 0.5) is 5.69 Å². The van der Waals surface area contributed by atoms with Crippen molar-refractivity contribution in [2.75, 3.05) is 18.6 Å². The number of ether oxygens (including phenoxy) is 1. The van der Waals surface area contributed by atoms with E-state index in [-0.39, 0.29) is 4.74 Å². The van der Waals surface area contributed by atoms with Gasteiger partial charge in [-0.2, -0.15) is 0 Å². The molecule has 1 aliphatic heterocycles. The van der Waals surface area contributed by atoms with E-state index in [1.165, 1.54) is 11.3 Å². The Kier molecular flexibility index (Phi) is 3.48. The third-order valence-corrected chi connectivity index (χ3v) is 6.57. The fraction of sp³-hybridized carbons (Fsp3) is 0.158. The Hall–Kier alpha value is -2.51. The zero-order chi connectivity index (χ0) is 17.8. The summed E-state index contributed by atoms with van der Waals surface area (Å²) in [5.74, 6) is 0.815. The smallest absolute Gasteiger partial charge is 0.262 e. The van der Waals surface area contributed by atoms with Crippen molar-refractivity contribution in [1.82, 2.24) is 9.38 Å². The number of fused-ring (bicyclic) bond motifs is 4. The molecule has 0 atom stereocenters. The molecule has 0 saturated carbocycles. The Morgan fingerprint density at radius 1 is 1.19 bits per heavy atom. The van der Waals surface area contributed by atoms with Crippen LogP contribution in [-0.4, -0.2) is 23.0 Å². The highest BCUT2D eigenvalue weighted by Gasteiger charge is 2.28. The summed E-state index contributed by atoms with van der Waals surface area (Å²) >= 11 is 2.83. The summed E-state index contributed by atoms with van der Waals surface area (Å²) in [5, 5.41) is 1.65. The molecule has 0 amide bonds. The van der Waals surface area contributed by atoms with Crippen LogP contribution in [0.2, 0.25) is 0 Å². The number of thioether (sulfide) groups is 1. The van der Waals surface area contributed by atoms with Crippen molar-refractivity contribution < 1.29 is 4.74 Å². The Balaban J connectivity index is 1.87. The molecule has 4 aromatic rings. The summed E-state index contributed by atoms with van der Waals surface area (Å²) in [6.07, 6.45) is 0. The van der Waals surface area contributed by atoms with Crippen molar-refractivity contribution in [2.24, 2.45) is 0 Å². The van der Waals surface area contributed by atoms with E-state index >= 15 is 0 Å². The van der Waals surface area contributed by atoms with Gasteiger partial charge in [-0.1, -0.05) is 35.2 Å². The third kappa shape index (κ3) is 2.10. The van der Waals surface area contributed by atoms with Crippen LogP contribution in [0.1, 0.15) is 6.92 Å². The predicted octanol–water partition coefficient (Wildman–Crippen LogP) is 3.33. The van der Waals surface area contributed by atoms with Gasteiger partial charge >= 0.3 is 0 Å². The van der Waals surface area contributed by atoms with Gasteiger partial charge in [0.15, 0.2) is 4.96 Å². The van der Waals surface area contributed by atoms with Crippen LogP contribution in [0, 0.1) is 0 Å². The van der Waals surface area contributed by atoms with Crippen LogP contribution < -0.4 is 19.7 Å². The van der Waals surface area contributed by atoms with Crippen molar-refractivity contribution in [3.05, 3.63) is 57.4 Å². The van der Waals surface area contributed by atoms with Crippen LogP contribution in [0.15, 0.2) is 52.2 Å². The fourth-order valence-electron chi connectivity index (χ4n) is 3.37. The van der Waals surface area contributed by atoms with Gasteiger partial charge < -0.3 is 9.64 Å². The topological polar surface area (TPSA) is 46.8 Å². The van der Waals surface area contributed by atoms with E-state index in [1.54, 1.807) is 18.9 Å². The summed E-state index contributed by atoms with van der Waals surface area (Å²) in [6, 6.07) is 14.0. The SMILES string of the molecule is CCN1C(=c2c(=O)sc3nc4ccccc4n23)Sc2ccc(OC)cc21. The van der Waals surface area contributed by atoms with Crippen LogP contribution in [0.5, 0.6) is 5.75 Å². The van der Waals surface area contributed by atoms with E-state index in [1.807, 2.05) is 40.8 Å². The third-order valence-electron chi connectivity index (χ3n) is 4.56. The lowest BCUT2D eigenvalue weighted by Gasteiger charge is -2.18. The molecule has 1 aliphatic rings. The summed E-state index contributed by atoms with van der Waals surface area (Å²) in [6.45, 7) is 2.86. The van der Waals surface area contributed by atoms with Crippen molar-refractivity contribution in [1.29, 1.82) is 0 Å². The van der Waals surface area contributed by atoms with Gasteiger partial charge in [0.1, 0.15) is 16.1 Å². The number of rotatable bonds is 2. The molecule has 0 radical (unpaired) electrons. The summed E-state index contributed by atoms with van der Waals surface area (Å²) in [7, 11) is 1.67. The molecule has 7 heteroatoms. The molecule has 2 aromatic heterocycles. The second kappa shape index (κ2) is 5.75. The Morgan fingerprint density at radius 3 is 2.85 bits per heavy atom. The van der Waals surface area contributed by atoms with Gasteiger partial charge in [-0.25, -0.2) is 4.98 Å². The molecule has 2 aromatic carbocycles. The molecule has 0 bridgehead atoms. The molecule has 0 N–H and O–H groups in total. The van der Waals surface area contributed by atoms with Crippen molar-refractivity contribution in [2.45, 2.75) is 11.8 Å². The highest BCUT2D eigenvalue weighted by Crippen LogP contribution is 2.47. The molecule has 5 rings (SSSR count). The number of para-hydroxylation sites is 2. The molecular formula is C19H15N3O2S2. The molecule has 3 heterocycles. The molecule has 0 spiro atoms. The molecule has 130 valence electrons. The lowest BCUT2D eigenvalue weighted by molar-refractivity contribution is 0.414. The van der Waals surface area contributed by atoms with Gasteiger partial charge in [-0.15, -0.1) is 0 Å². The van der Waals surface area contributed by atoms with E-state index in [4.69, 9.17) is 4.74 Å². The zero-order valence-electron chi connectivity index (χ0n) is 14.2. The average molecular weight is 381 g/mol. The monoisotopic (exact) mass is 381 g/mol. The number of hydrogen-bond acceptors (Lipinski definition) is 6. The fourth-order valence-corrected chi connectivity index (χ4v) is 5.55. The minimum atomic E-state index is 0.0407. The minimum Gasteiger partial charge on any atom is -0.497 e. The quantitative estimate of drug-likeness (QED) is 0.533. The van der Waals surface area contributed by atoms with Crippen LogP contribution in [0.3, 0.4) is 0 Å². The summed E-state index contributed by atoms with van der Waals surface area (Å²) < 4.78 is 7.41. The van der Waals surface area contributed by atoms with Crippen molar-refractivity contribution >= 4 is 49.8 Å². The van der Waals surface area contributed by atoms with E-state index in [9.17, 15) is 4.79 Å². The van der Waals surface area contributed by atoms with E-state index in [0.717, 1.165) is 43.9 Å². The standard InChI is InChI=1S/C19H15N3O2S2/c1-3-21-14-10-11(24-2)8-9-15(14)25-17(21)16-18(23)26-19-20-12-6-4-5-7-13(12)22(16)19/h4-10H,3H2,1-2H3. The Morgan fingerprint density at radius 2 is 2.04 bits per heavy atom. The van der Waals surface area contributed by atoms with E-state index < -0.39 is 0 Å². The number of anilines is 1. The molecular weight excluding hydrogens is 366 g/mol. The van der Waals surface area contributed by atoms with E-state index in [0.29, 0.717) is 5.35 Å². The lowest BCUT2D eigenvalue weighted by atomic mass is 10.2. The zero-order valence-corrected chi connectivity index (χ0v) is 15.9. The molecule has 0 fully saturated rings. The Labute approximate surface area is 157 Å². The normalized spacial score (nSPS) is 15.8. The second-order valence-corrected chi connectivity index (χ2v) is 7.91. The molecule has 0 saturated heterocycles. The van der Waals surface area contributed by atoms with Crippen molar-refractivity contribution in [3.8, 4) is 5.75 Å². The number of thiazole rings is 1. The van der Waals surface area contributed by atoms with Crippen molar-refractivity contribution in [3.63, 3.8) is 0 Å². The number of benzene rings is 2. The van der Waals surface area contributed by atoms with Gasteiger partial charge in [0.25, 0.3) is 4.74 Å². The number of imidazole rings is 1. The van der Waals surface area contributed by atoms with Crippen LogP contribution >= 0.6 is 23.1 Å². The van der Waals surface area contributed by atoms with Gasteiger partial charge in [0.2, 0.25) is 0 Å². The van der Waals surface area contributed by atoms with E-state index in [2.05, 4.69) is 22.9 Å². The molecule has 5 nitrogen and oxygen atoms in total.